The molecule has 0 saturated carbocycles. The first-order valence-electron chi connectivity index (χ1n) is 9.79. The van der Waals surface area contributed by atoms with Crippen molar-refractivity contribution in [2.75, 3.05) is 25.1 Å². The van der Waals surface area contributed by atoms with E-state index < -0.39 is 17.6 Å². The van der Waals surface area contributed by atoms with Crippen LogP contribution in [0.4, 0.5) is 10.6 Å². The number of alkyl carbamates (subject to hydrolysis) is 1. The first-order chi connectivity index (χ1) is 14.1. The molecule has 1 unspecified atom stereocenters. The molecule has 0 spiro atoms. The third kappa shape index (κ3) is 4.95. The number of nitrogens with one attached hydrogen (secondary N) is 1. The number of rotatable bonds is 4. The summed E-state index contributed by atoms with van der Waals surface area (Å²) in [4.78, 5) is 30.7. The summed E-state index contributed by atoms with van der Waals surface area (Å²) in [6.07, 6.45) is 3.05. The second-order valence-electron chi connectivity index (χ2n) is 8.32. The van der Waals surface area contributed by atoms with E-state index in [1.54, 1.807) is 18.3 Å². The number of hydrogen-bond acceptors (Lipinski definition) is 6. The number of anilines is 1. The van der Waals surface area contributed by atoms with E-state index in [1.807, 2.05) is 20.8 Å². The Morgan fingerprint density at radius 2 is 2.03 bits per heavy atom. The Morgan fingerprint density at radius 1 is 1.30 bits per heavy atom. The fourth-order valence-electron chi connectivity index (χ4n) is 3.59. The van der Waals surface area contributed by atoms with Crippen LogP contribution in [0.2, 0.25) is 0 Å². The summed E-state index contributed by atoms with van der Waals surface area (Å²) in [6.45, 7) is 6.92. The maximum Gasteiger partial charge on any atom is 0.407 e. The summed E-state index contributed by atoms with van der Waals surface area (Å²) in [5, 5.41) is 4.61. The van der Waals surface area contributed by atoms with Gasteiger partial charge in [-0.1, -0.05) is 0 Å². The van der Waals surface area contributed by atoms with E-state index in [0.717, 1.165) is 40.4 Å². The Bertz CT molecular complexity index is 974. The number of hydrogen-bond donors (Lipinski definition) is 2. The van der Waals surface area contributed by atoms with Gasteiger partial charge in [-0.05, 0) is 61.7 Å². The van der Waals surface area contributed by atoms with Crippen LogP contribution in [0.15, 0.2) is 22.8 Å². The number of carbonyl (C=O) groups is 2. The molecule has 162 valence electrons. The van der Waals surface area contributed by atoms with Crippen LogP contribution < -0.4 is 20.7 Å². The van der Waals surface area contributed by atoms with Gasteiger partial charge in [0.2, 0.25) is 0 Å². The highest BCUT2D eigenvalue weighted by Gasteiger charge is 2.26. The average molecular weight is 479 g/mol. The van der Waals surface area contributed by atoms with Gasteiger partial charge in [-0.2, -0.15) is 0 Å². The first kappa shape index (κ1) is 22.1. The zero-order valence-electron chi connectivity index (χ0n) is 17.6. The lowest BCUT2D eigenvalue weighted by atomic mass is 10.0. The van der Waals surface area contributed by atoms with Crippen molar-refractivity contribution in [3.05, 3.63) is 28.4 Å². The Hall–Kier alpha value is -2.55. The number of benzene rings is 1. The Labute approximate surface area is 184 Å². The number of nitrogens with zero attached hydrogens (tertiary/aromatic N) is 2. The Morgan fingerprint density at radius 3 is 2.67 bits per heavy atom. The van der Waals surface area contributed by atoms with Crippen LogP contribution in [-0.4, -0.2) is 48.8 Å². The van der Waals surface area contributed by atoms with Crippen LogP contribution in [0.1, 0.15) is 44.0 Å². The van der Waals surface area contributed by atoms with Gasteiger partial charge in [-0.25, -0.2) is 9.78 Å². The number of carbonyl (C=O) groups excluding carboxylic acids is 2. The van der Waals surface area contributed by atoms with E-state index in [1.165, 1.54) is 7.11 Å². The first-order valence-corrected chi connectivity index (χ1v) is 10.6. The number of ether oxygens (including phenoxy) is 2. The van der Waals surface area contributed by atoms with E-state index in [2.05, 4.69) is 31.1 Å². The summed E-state index contributed by atoms with van der Waals surface area (Å²) in [6, 6.07) is 3.44. The monoisotopic (exact) mass is 478 g/mol. The SMILES string of the molecule is COc1cc2c(N3CCCC(NC(=O)OC(C)(C)C)C3)ncc(Br)c2cc1C(N)=O. The molecular formula is C21H27BrN4O4. The second-order valence-corrected chi connectivity index (χ2v) is 9.18. The molecule has 1 aromatic carbocycles. The zero-order chi connectivity index (χ0) is 22.1. The number of piperidine rings is 1. The smallest absolute Gasteiger partial charge is 0.407 e. The van der Waals surface area contributed by atoms with E-state index >= 15 is 0 Å². The molecule has 1 aliphatic rings. The van der Waals surface area contributed by atoms with Crippen molar-refractivity contribution in [2.24, 2.45) is 5.73 Å². The minimum atomic E-state index is -0.557. The predicted molar refractivity (Wildman–Crippen MR) is 119 cm³/mol. The van der Waals surface area contributed by atoms with Crippen molar-refractivity contribution in [1.29, 1.82) is 0 Å². The average Bonchev–Trinajstić information content (AvgIpc) is 2.66. The van der Waals surface area contributed by atoms with Crippen LogP contribution in [0.25, 0.3) is 10.8 Å². The van der Waals surface area contributed by atoms with Crippen LogP contribution in [-0.2, 0) is 4.74 Å². The van der Waals surface area contributed by atoms with Gasteiger partial charge in [0.05, 0.1) is 12.7 Å². The standard InChI is InChI=1S/C21H27BrN4O4/c1-21(2,3)30-20(28)25-12-6-5-7-26(11-12)19-14-9-17(29-4)15(18(23)27)8-13(14)16(22)10-24-19/h8-10,12H,5-7,11H2,1-4H3,(H2,23,27)(H,25,28). The molecule has 3 N–H and O–H groups in total. The molecule has 1 aliphatic heterocycles. The number of pyridine rings is 1. The van der Waals surface area contributed by atoms with Gasteiger partial charge in [0.1, 0.15) is 17.2 Å². The number of halogens is 1. The highest BCUT2D eigenvalue weighted by Crippen LogP contribution is 2.36. The van der Waals surface area contributed by atoms with Gasteiger partial charge in [0.15, 0.2) is 0 Å². The van der Waals surface area contributed by atoms with Gasteiger partial charge >= 0.3 is 6.09 Å². The molecule has 1 fully saturated rings. The van der Waals surface area contributed by atoms with Crippen molar-refractivity contribution >= 4 is 44.5 Å². The molecule has 30 heavy (non-hydrogen) atoms. The van der Waals surface area contributed by atoms with Gasteiger partial charge in [-0.3, -0.25) is 4.79 Å². The maximum absolute atomic E-state index is 12.2. The molecule has 0 bridgehead atoms. The topological polar surface area (TPSA) is 107 Å². The summed E-state index contributed by atoms with van der Waals surface area (Å²) < 4.78 is 11.5. The Balaban J connectivity index is 1.91. The largest absolute Gasteiger partial charge is 0.496 e. The molecular weight excluding hydrogens is 452 g/mol. The molecule has 9 heteroatoms. The lowest BCUT2D eigenvalue weighted by Gasteiger charge is -2.35. The third-order valence-electron chi connectivity index (χ3n) is 4.85. The van der Waals surface area contributed by atoms with Crippen molar-refractivity contribution in [1.82, 2.24) is 10.3 Å². The molecule has 0 radical (unpaired) electrons. The zero-order valence-corrected chi connectivity index (χ0v) is 19.2. The molecule has 2 aromatic rings. The molecule has 1 atom stereocenters. The highest BCUT2D eigenvalue weighted by molar-refractivity contribution is 9.10. The van der Waals surface area contributed by atoms with Gasteiger partial charge in [-0.15, -0.1) is 0 Å². The number of aromatic nitrogens is 1. The lowest BCUT2D eigenvalue weighted by Crippen LogP contribution is -2.49. The van der Waals surface area contributed by atoms with Gasteiger partial charge < -0.3 is 25.4 Å². The molecule has 1 aromatic heterocycles. The second kappa shape index (κ2) is 8.67. The summed E-state index contributed by atoms with van der Waals surface area (Å²) >= 11 is 3.51. The number of methoxy groups -OCH3 is 1. The molecule has 2 heterocycles. The highest BCUT2D eigenvalue weighted by atomic mass is 79.9. The van der Waals surface area contributed by atoms with E-state index in [0.29, 0.717) is 17.9 Å². The van der Waals surface area contributed by atoms with Gasteiger partial charge in [0, 0.05) is 40.6 Å². The van der Waals surface area contributed by atoms with Crippen LogP contribution in [0, 0.1) is 0 Å². The Kier molecular flexibility index (Phi) is 6.40. The minimum Gasteiger partial charge on any atom is -0.496 e. The predicted octanol–water partition coefficient (Wildman–Crippen LogP) is 3.60. The molecule has 1 saturated heterocycles. The van der Waals surface area contributed by atoms with Crippen LogP contribution in [0.3, 0.4) is 0 Å². The van der Waals surface area contributed by atoms with E-state index in [-0.39, 0.29) is 6.04 Å². The fourth-order valence-corrected chi connectivity index (χ4v) is 4.02. The summed E-state index contributed by atoms with van der Waals surface area (Å²) in [5.74, 6) is 0.605. The van der Waals surface area contributed by atoms with E-state index in [9.17, 15) is 9.59 Å². The van der Waals surface area contributed by atoms with Crippen molar-refractivity contribution in [2.45, 2.75) is 45.3 Å². The number of nitrogens with two attached hydrogens (primary N) is 1. The number of primary amides is 1. The quantitative estimate of drug-likeness (QED) is 0.694. The molecule has 0 aliphatic carbocycles. The summed E-state index contributed by atoms with van der Waals surface area (Å²) in [7, 11) is 1.50. The van der Waals surface area contributed by atoms with Crippen LogP contribution in [0.5, 0.6) is 5.75 Å². The van der Waals surface area contributed by atoms with Crippen LogP contribution >= 0.6 is 15.9 Å². The van der Waals surface area contributed by atoms with Crippen molar-refractivity contribution in [3.63, 3.8) is 0 Å². The number of amides is 2. The normalized spacial score (nSPS) is 17.0. The number of fused-ring (bicyclic) bond motifs is 1. The van der Waals surface area contributed by atoms with Crippen molar-refractivity contribution in [3.8, 4) is 5.75 Å². The van der Waals surface area contributed by atoms with Crippen molar-refractivity contribution < 1.29 is 19.1 Å². The van der Waals surface area contributed by atoms with E-state index in [4.69, 9.17) is 15.2 Å². The maximum atomic E-state index is 12.2. The lowest BCUT2D eigenvalue weighted by molar-refractivity contribution is 0.0499. The third-order valence-corrected chi connectivity index (χ3v) is 5.48. The summed E-state index contributed by atoms with van der Waals surface area (Å²) in [5.41, 5.74) is 5.27. The fraction of sp³-hybridized carbons (Fsp3) is 0.476. The molecule has 2 amide bonds. The molecule has 8 nitrogen and oxygen atoms in total. The van der Waals surface area contributed by atoms with Gasteiger partial charge in [0.25, 0.3) is 5.91 Å². The molecule has 3 rings (SSSR count). The minimum absolute atomic E-state index is 0.0547.